The molecule has 0 radical (unpaired) electrons. The third-order valence-corrected chi connectivity index (χ3v) is 2.66. The summed E-state index contributed by atoms with van der Waals surface area (Å²) in [6, 6.07) is -0.266. The molecule has 0 rings (SSSR count). The number of methoxy groups -OCH3 is 1. The fraction of sp³-hybridized carbons (Fsp3) is 0.857. The number of esters is 1. The highest BCUT2D eigenvalue weighted by atomic mass is 32.2. The highest BCUT2D eigenvalue weighted by Crippen LogP contribution is 1.88. The van der Waals surface area contributed by atoms with Crippen LogP contribution in [0, 0.1) is 0 Å². The van der Waals surface area contributed by atoms with E-state index in [2.05, 4.69) is 9.46 Å². The van der Waals surface area contributed by atoms with Crippen molar-refractivity contribution in [1.29, 1.82) is 0 Å². The minimum absolute atomic E-state index is 0.266. The van der Waals surface area contributed by atoms with E-state index in [0.29, 0.717) is 0 Å². The van der Waals surface area contributed by atoms with E-state index >= 15 is 0 Å². The molecular weight excluding hydrogens is 224 g/mol. The Morgan fingerprint density at radius 3 is 2.40 bits per heavy atom. The summed E-state index contributed by atoms with van der Waals surface area (Å²) in [7, 11) is -2.58. The molecule has 0 heterocycles. The summed E-state index contributed by atoms with van der Waals surface area (Å²) < 4.78 is 30.8. The number of carbonyl (C=O) groups excluding carboxylic acids is 1. The van der Waals surface area contributed by atoms with Gasteiger partial charge in [-0.3, -0.25) is 0 Å². The molecule has 0 aromatic rings. The highest BCUT2D eigenvalue weighted by molar-refractivity contribution is 7.87. The van der Waals surface area contributed by atoms with Gasteiger partial charge in [-0.25, -0.2) is 4.79 Å². The molecule has 0 fully saturated rings. The topological polar surface area (TPSA) is 105 Å². The molecule has 0 aliphatic rings. The van der Waals surface area contributed by atoms with Gasteiger partial charge in [0.05, 0.1) is 7.11 Å². The van der Waals surface area contributed by atoms with Gasteiger partial charge < -0.3 is 9.84 Å². The van der Waals surface area contributed by atoms with E-state index in [0.717, 1.165) is 7.11 Å². The van der Waals surface area contributed by atoms with Crippen LogP contribution < -0.4 is 9.44 Å². The van der Waals surface area contributed by atoms with Crippen LogP contribution in [0.1, 0.15) is 13.8 Å². The van der Waals surface area contributed by atoms with Crippen molar-refractivity contribution in [3.8, 4) is 0 Å². The van der Waals surface area contributed by atoms with Gasteiger partial charge in [0.25, 0.3) is 10.2 Å². The largest absolute Gasteiger partial charge is 0.467 e. The Kier molecular flexibility index (Phi) is 5.73. The first-order chi connectivity index (χ1) is 6.78. The van der Waals surface area contributed by atoms with E-state index in [1.165, 1.54) is 0 Å². The fourth-order valence-electron chi connectivity index (χ4n) is 0.760. The monoisotopic (exact) mass is 240 g/mol. The molecule has 0 aromatic carbocycles. The van der Waals surface area contributed by atoms with Crippen molar-refractivity contribution in [2.75, 3.05) is 13.7 Å². The SMILES string of the molecule is COC(=O)C(O)CNS(=O)(=O)NC(C)C. The van der Waals surface area contributed by atoms with Gasteiger partial charge in [0.1, 0.15) is 0 Å². The van der Waals surface area contributed by atoms with Crippen LogP contribution in [0.3, 0.4) is 0 Å². The molecule has 90 valence electrons. The van der Waals surface area contributed by atoms with Gasteiger partial charge in [-0.15, -0.1) is 0 Å². The zero-order valence-corrected chi connectivity index (χ0v) is 9.67. The van der Waals surface area contributed by atoms with Crippen molar-refractivity contribution < 1.29 is 23.1 Å². The third kappa shape index (κ3) is 6.39. The summed E-state index contributed by atoms with van der Waals surface area (Å²) in [6.45, 7) is 2.88. The molecule has 0 amide bonds. The first kappa shape index (κ1) is 14.3. The number of rotatable bonds is 6. The zero-order chi connectivity index (χ0) is 12.1. The summed E-state index contributed by atoms with van der Waals surface area (Å²) in [5.74, 6) is -0.887. The molecule has 1 unspecified atom stereocenters. The minimum atomic E-state index is -3.69. The van der Waals surface area contributed by atoms with Crippen LogP contribution >= 0.6 is 0 Å². The van der Waals surface area contributed by atoms with Gasteiger partial charge >= 0.3 is 5.97 Å². The van der Waals surface area contributed by atoms with Crippen molar-refractivity contribution in [1.82, 2.24) is 9.44 Å². The van der Waals surface area contributed by atoms with Crippen molar-refractivity contribution >= 4 is 16.2 Å². The lowest BCUT2D eigenvalue weighted by Crippen LogP contribution is -2.44. The molecule has 7 nitrogen and oxygen atoms in total. The molecule has 0 aliphatic carbocycles. The van der Waals surface area contributed by atoms with Crippen LogP contribution in [-0.2, 0) is 19.7 Å². The van der Waals surface area contributed by atoms with Crippen LogP contribution in [0.5, 0.6) is 0 Å². The second-order valence-electron chi connectivity index (χ2n) is 3.16. The van der Waals surface area contributed by atoms with Crippen molar-refractivity contribution in [3.63, 3.8) is 0 Å². The lowest BCUT2D eigenvalue weighted by atomic mass is 10.4. The number of ether oxygens (including phenoxy) is 1. The normalized spacial score (nSPS) is 13.9. The molecule has 0 saturated carbocycles. The second-order valence-corrected chi connectivity index (χ2v) is 4.69. The quantitative estimate of drug-likeness (QED) is 0.483. The van der Waals surface area contributed by atoms with Crippen LogP contribution in [0.15, 0.2) is 0 Å². The van der Waals surface area contributed by atoms with Crippen LogP contribution in [0.4, 0.5) is 0 Å². The number of hydrogen-bond acceptors (Lipinski definition) is 5. The average molecular weight is 240 g/mol. The predicted octanol–water partition coefficient (Wildman–Crippen LogP) is -1.65. The van der Waals surface area contributed by atoms with Gasteiger partial charge in [-0.2, -0.15) is 17.9 Å². The summed E-state index contributed by atoms with van der Waals surface area (Å²) in [5, 5.41) is 9.09. The van der Waals surface area contributed by atoms with E-state index in [1.54, 1.807) is 13.8 Å². The van der Waals surface area contributed by atoms with Gasteiger partial charge in [-0.05, 0) is 13.8 Å². The molecular formula is C7H16N2O5S. The van der Waals surface area contributed by atoms with Gasteiger partial charge in [0, 0.05) is 12.6 Å². The molecule has 0 spiro atoms. The lowest BCUT2D eigenvalue weighted by Gasteiger charge is -2.12. The predicted molar refractivity (Wildman–Crippen MR) is 53.2 cm³/mol. The molecule has 0 aliphatic heterocycles. The maximum absolute atomic E-state index is 11.2. The maximum atomic E-state index is 11.2. The Balaban J connectivity index is 4.10. The van der Waals surface area contributed by atoms with Crippen LogP contribution in [0.2, 0.25) is 0 Å². The summed E-state index contributed by atoms with van der Waals surface area (Å²) in [4.78, 5) is 10.7. The maximum Gasteiger partial charge on any atom is 0.336 e. The number of nitrogens with one attached hydrogen (secondary N) is 2. The Morgan fingerprint density at radius 2 is 2.00 bits per heavy atom. The Morgan fingerprint density at radius 1 is 1.47 bits per heavy atom. The summed E-state index contributed by atoms with van der Waals surface area (Å²) in [6.07, 6.45) is -1.50. The molecule has 0 aromatic heterocycles. The second kappa shape index (κ2) is 6.01. The van der Waals surface area contributed by atoms with Crippen molar-refractivity contribution in [3.05, 3.63) is 0 Å². The molecule has 1 atom stereocenters. The number of aliphatic hydroxyl groups is 1. The lowest BCUT2D eigenvalue weighted by molar-refractivity contribution is -0.149. The molecule has 3 N–H and O–H groups in total. The number of aliphatic hydroxyl groups excluding tert-OH is 1. The first-order valence-electron chi connectivity index (χ1n) is 4.31. The van der Waals surface area contributed by atoms with E-state index in [4.69, 9.17) is 5.11 Å². The fourth-order valence-corrected chi connectivity index (χ4v) is 1.84. The minimum Gasteiger partial charge on any atom is -0.467 e. The molecule has 0 bridgehead atoms. The zero-order valence-electron chi connectivity index (χ0n) is 8.85. The van der Waals surface area contributed by atoms with Gasteiger partial charge in [0.15, 0.2) is 6.10 Å². The third-order valence-electron chi connectivity index (χ3n) is 1.33. The summed E-state index contributed by atoms with van der Waals surface area (Å²) in [5.41, 5.74) is 0. The standard InChI is InChI=1S/C7H16N2O5S/c1-5(2)9-15(12,13)8-4-6(10)7(11)14-3/h5-6,8-10H,4H2,1-3H3. The van der Waals surface area contributed by atoms with Crippen LogP contribution in [0.25, 0.3) is 0 Å². The van der Waals surface area contributed by atoms with Gasteiger partial charge in [0.2, 0.25) is 0 Å². The number of carbonyl (C=O) groups is 1. The smallest absolute Gasteiger partial charge is 0.336 e. The van der Waals surface area contributed by atoms with E-state index in [-0.39, 0.29) is 6.04 Å². The molecule has 0 saturated heterocycles. The Hall–Kier alpha value is -0.700. The molecule has 15 heavy (non-hydrogen) atoms. The van der Waals surface area contributed by atoms with Gasteiger partial charge in [-0.1, -0.05) is 0 Å². The van der Waals surface area contributed by atoms with Crippen molar-refractivity contribution in [2.45, 2.75) is 26.0 Å². The number of hydrogen-bond donors (Lipinski definition) is 3. The molecule has 8 heteroatoms. The average Bonchev–Trinajstić information content (AvgIpc) is 2.11. The Bertz CT molecular complexity index is 301. The van der Waals surface area contributed by atoms with E-state index < -0.39 is 28.8 Å². The summed E-state index contributed by atoms with van der Waals surface area (Å²) >= 11 is 0. The Labute approximate surface area is 89.0 Å². The van der Waals surface area contributed by atoms with Crippen LogP contribution in [-0.4, -0.2) is 45.3 Å². The van der Waals surface area contributed by atoms with E-state index in [9.17, 15) is 13.2 Å². The first-order valence-corrected chi connectivity index (χ1v) is 5.79. The van der Waals surface area contributed by atoms with Crippen molar-refractivity contribution in [2.24, 2.45) is 0 Å². The highest BCUT2D eigenvalue weighted by Gasteiger charge is 2.19. The van der Waals surface area contributed by atoms with E-state index in [1.807, 2.05) is 4.72 Å².